The fourth-order valence-electron chi connectivity index (χ4n) is 1.92. The number of nitrogens with zero attached hydrogens (tertiary/aromatic N) is 3. The molecule has 7 heteroatoms. The lowest BCUT2D eigenvalue weighted by Gasteiger charge is -2.22. The smallest absolute Gasteiger partial charge is 0.307 e. The van der Waals surface area contributed by atoms with Gasteiger partial charge in [-0.15, -0.1) is 0 Å². The number of aryl methyl sites for hydroxylation is 1. The molecule has 21 heavy (non-hydrogen) atoms. The van der Waals surface area contributed by atoms with Crippen molar-refractivity contribution >= 4 is 11.8 Å². The van der Waals surface area contributed by atoms with E-state index in [1.54, 1.807) is 29.0 Å². The molecule has 0 aliphatic carbocycles. The van der Waals surface area contributed by atoms with Crippen molar-refractivity contribution in [1.82, 2.24) is 9.55 Å². The fourth-order valence-corrected chi connectivity index (χ4v) is 1.92. The van der Waals surface area contributed by atoms with Crippen LogP contribution in [0, 0.1) is 0 Å². The summed E-state index contributed by atoms with van der Waals surface area (Å²) in [7, 11) is 2.93. The van der Waals surface area contributed by atoms with Crippen LogP contribution in [0.15, 0.2) is 17.2 Å². The van der Waals surface area contributed by atoms with Crippen LogP contribution in [0.5, 0.6) is 0 Å². The van der Waals surface area contributed by atoms with E-state index in [9.17, 15) is 9.59 Å². The largest absolute Gasteiger partial charge is 0.469 e. The first-order valence-electron chi connectivity index (χ1n) is 7.00. The van der Waals surface area contributed by atoms with Crippen molar-refractivity contribution < 1.29 is 14.3 Å². The maximum atomic E-state index is 12.4. The van der Waals surface area contributed by atoms with Crippen LogP contribution in [0.3, 0.4) is 0 Å². The van der Waals surface area contributed by atoms with E-state index in [4.69, 9.17) is 4.74 Å². The highest BCUT2D eigenvalue weighted by atomic mass is 16.5. The van der Waals surface area contributed by atoms with Crippen molar-refractivity contribution in [2.24, 2.45) is 0 Å². The molecule has 0 saturated heterocycles. The van der Waals surface area contributed by atoms with E-state index in [2.05, 4.69) is 9.72 Å². The van der Waals surface area contributed by atoms with Gasteiger partial charge in [-0.1, -0.05) is 6.92 Å². The third-order valence-corrected chi connectivity index (χ3v) is 3.04. The molecular weight excluding hydrogens is 274 g/mol. The number of carbonyl (C=O) groups is 1. The Bertz CT molecular complexity index is 501. The predicted molar refractivity (Wildman–Crippen MR) is 79.5 cm³/mol. The highest BCUT2D eigenvalue weighted by Gasteiger charge is 2.15. The molecule has 0 radical (unpaired) electrons. The third-order valence-electron chi connectivity index (χ3n) is 3.04. The molecule has 1 heterocycles. The Morgan fingerprint density at radius 3 is 2.76 bits per heavy atom. The maximum Gasteiger partial charge on any atom is 0.307 e. The van der Waals surface area contributed by atoms with Crippen LogP contribution in [0.2, 0.25) is 0 Å². The van der Waals surface area contributed by atoms with E-state index in [-0.39, 0.29) is 17.9 Å². The number of rotatable bonds is 9. The van der Waals surface area contributed by atoms with Gasteiger partial charge < -0.3 is 18.9 Å². The summed E-state index contributed by atoms with van der Waals surface area (Å²) in [6, 6.07) is 0. The SMILES string of the molecule is CCCn1ccnc(N(CCOC)CCC(=O)OC)c1=O. The predicted octanol–water partition coefficient (Wildman–Crippen LogP) is 0.669. The van der Waals surface area contributed by atoms with Crippen molar-refractivity contribution in [3.05, 3.63) is 22.7 Å². The van der Waals surface area contributed by atoms with Crippen molar-refractivity contribution in [3.8, 4) is 0 Å². The molecule has 0 aliphatic rings. The summed E-state index contributed by atoms with van der Waals surface area (Å²) in [5, 5.41) is 0. The van der Waals surface area contributed by atoms with Crippen molar-refractivity contribution in [3.63, 3.8) is 0 Å². The van der Waals surface area contributed by atoms with Crippen LogP contribution < -0.4 is 10.5 Å². The molecule has 0 unspecified atom stereocenters. The summed E-state index contributed by atoms with van der Waals surface area (Å²) in [6.45, 7) is 3.96. The zero-order valence-corrected chi connectivity index (χ0v) is 12.9. The number of anilines is 1. The second-order valence-corrected chi connectivity index (χ2v) is 4.56. The van der Waals surface area contributed by atoms with E-state index >= 15 is 0 Å². The number of hydrogen-bond donors (Lipinski definition) is 0. The molecule has 0 bridgehead atoms. The Hall–Kier alpha value is -1.89. The van der Waals surface area contributed by atoms with E-state index in [1.807, 2.05) is 6.92 Å². The number of hydrogen-bond acceptors (Lipinski definition) is 6. The Morgan fingerprint density at radius 2 is 2.14 bits per heavy atom. The number of ether oxygens (including phenoxy) is 2. The van der Waals surface area contributed by atoms with Gasteiger partial charge in [0.15, 0.2) is 5.82 Å². The molecule has 0 fully saturated rings. The molecule has 7 nitrogen and oxygen atoms in total. The first-order chi connectivity index (χ1) is 10.1. The molecule has 0 aliphatic heterocycles. The van der Waals surface area contributed by atoms with Gasteiger partial charge in [0.25, 0.3) is 5.56 Å². The van der Waals surface area contributed by atoms with E-state index in [0.717, 1.165) is 6.42 Å². The number of carbonyl (C=O) groups excluding carboxylic acids is 1. The molecule has 1 aromatic heterocycles. The molecular formula is C14H23N3O4. The topological polar surface area (TPSA) is 73.7 Å². The maximum absolute atomic E-state index is 12.4. The summed E-state index contributed by atoms with van der Waals surface area (Å²) in [4.78, 5) is 29.6. The standard InChI is InChI=1S/C14H23N3O4/c1-4-7-17-9-6-15-13(14(17)19)16(10-11-20-2)8-5-12(18)21-3/h6,9H,4-5,7-8,10-11H2,1-3H3. The number of aromatic nitrogens is 2. The molecule has 0 N–H and O–H groups in total. The molecule has 0 saturated carbocycles. The van der Waals surface area contributed by atoms with Crippen LogP contribution in [0.25, 0.3) is 0 Å². The van der Waals surface area contributed by atoms with Gasteiger partial charge in [-0.2, -0.15) is 0 Å². The minimum atomic E-state index is -0.317. The van der Waals surface area contributed by atoms with Crippen LogP contribution >= 0.6 is 0 Å². The lowest BCUT2D eigenvalue weighted by atomic mass is 10.3. The van der Waals surface area contributed by atoms with Crippen LogP contribution in [-0.2, 0) is 20.8 Å². The summed E-state index contributed by atoms with van der Waals surface area (Å²) < 4.78 is 11.3. The van der Waals surface area contributed by atoms with Gasteiger partial charge in [0.05, 0.1) is 20.1 Å². The number of methoxy groups -OCH3 is 2. The minimum absolute atomic E-state index is 0.152. The molecule has 1 rings (SSSR count). The second kappa shape index (κ2) is 9.12. The van der Waals surface area contributed by atoms with Crippen molar-refractivity contribution in [2.45, 2.75) is 26.3 Å². The van der Waals surface area contributed by atoms with Gasteiger partial charge in [-0.25, -0.2) is 4.98 Å². The first kappa shape index (κ1) is 17.2. The van der Waals surface area contributed by atoms with E-state index in [0.29, 0.717) is 32.1 Å². The van der Waals surface area contributed by atoms with E-state index in [1.165, 1.54) is 7.11 Å². The van der Waals surface area contributed by atoms with Gasteiger partial charge in [-0.3, -0.25) is 9.59 Å². The monoisotopic (exact) mass is 297 g/mol. The van der Waals surface area contributed by atoms with Crippen molar-refractivity contribution in [1.29, 1.82) is 0 Å². The minimum Gasteiger partial charge on any atom is -0.469 e. The molecule has 0 aromatic carbocycles. The van der Waals surface area contributed by atoms with Gasteiger partial charge in [-0.05, 0) is 6.42 Å². The molecule has 0 atom stereocenters. The van der Waals surface area contributed by atoms with E-state index < -0.39 is 0 Å². The van der Waals surface area contributed by atoms with Crippen LogP contribution in [-0.4, -0.2) is 49.4 Å². The highest BCUT2D eigenvalue weighted by molar-refractivity contribution is 5.69. The Kier molecular flexibility index (Phi) is 7.45. The molecule has 0 amide bonds. The average Bonchev–Trinajstić information content (AvgIpc) is 2.50. The van der Waals surface area contributed by atoms with Crippen LogP contribution in [0.4, 0.5) is 5.82 Å². The summed E-state index contributed by atoms with van der Waals surface area (Å²) >= 11 is 0. The van der Waals surface area contributed by atoms with Crippen LogP contribution in [0.1, 0.15) is 19.8 Å². The lowest BCUT2D eigenvalue weighted by molar-refractivity contribution is -0.140. The first-order valence-corrected chi connectivity index (χ1v) is 7.00. The van der Waals surface area contributed by atoms with Crippen molar-refractivity contribution in [2.75, 3.05) is 38.8 Å². The molecule has 0 spiro atoms. The van der Waals surface area contributed by atoms with Gasteiger partial charge >= 0.3 is 5.97 Å². The Morgan fingerprint density at radius 1 is 1.38 bits per heavy atom. The summed E-state index contributed by atoms with van der Waals surface area (Å²) in [5.41, 5.74) is -0.152. The number of esters is 1. The van der Waals surface area contributed by atoms with Gasteiger partial charge in [0.1, 0.15) is 0 Å². The Balaban J connectivity index is 2.93. The fraction of sp³-hybridized carbons (Fsp3) is 0.643. The average molecular weight is 297 g/mol. The third kappa shape index (κ3) is 5.18. The Labute approximate surface area is 124 Å². The lowest BCUT2D eigenvalue weighted by Crippen LogP contribution is -2.37. The second-order valence-electron chi connectivity index (χ2n) is 4.56. The summed E-state index contributed by atoms with van der Waals surface area (Å²) in [6.07, 6.45) is 4.34. The molecule has 118 valence electrons. The zero-order valence-electron chi connectivity index (χ0n) is 12.9. The zero-order chi connectivity index (χ0) is 15.7. The highest BCUT2D eigenvalue weighted by Crippen LogP contribution is 2.05. The van der Waals surface area contributed by atoms with Gasteiger partial charge in [0.2, 0.25) is 0 Å². The quantitative estimate of drug-likeness (QED) is 0.624. The van der Waals surface area contributed by atoms with Gasteiger partial charge in [0, 0.05) is 39.1 Å². The summed E-state index contributed by atoms with van der Waals surface area (Å²) in [5.74, 6) is 0.0223. The normalized spacial score (nSPS) is 10.4. The molecule has 1 aromatic rings.